The lowest BCUT2D eigenvalue weighted by molar-refractivity contribution is -0.136. The van der Waals surface area contributed by atoms with Gasteiger partial charge in [0.15, 0.2) is 0 Å². The van der Waals surface area contributed by atoms with Crippen molar-refractivity contribution in [1.82, 2.24) is 5.32 Å². The highest BCUT2D eigenvalue weighted by molar-refractivity contribution is 7.08. The third-order valence-electron chi connectivity index (χ3n) is 2.99. The predicted octanol–water partition coefficient (Wildman–Crippen LogP) is 1.11. The van der Waals surface area contributed by atoms with Crippen molar-refractivity contribution in [2.45, 2.75) is 12.8 Å². The summed E-state index contributed by atoms with van der Waals surface area (Å²) in [7, 11) is 0. The van der Waals surface area contributed by atoms with Gasteiger partial charge in [-0.3, -0.25) is 14.9 Å². The number of hydrogen-bond acceptors (Lipinski definition) is 4. The van der Waals surface area contributed by atoms with Gasteiger partial charge in [-0.2, -0.15) is 11.3 Å². The molecule has 2 fully saturated rings. The van der Waals surface area contributed by atoms with Gasteiger partial charge >= 0.3 is 6.03 Å². The van der Waals surface area contributed by atoms with Crippen LogP contribution in [0.3, 0.4) is 0 Å². The number of imide groups is 2. The number of carbonyl (C=O) groups is 3. The summed E-state index contributed by atoms with van der Waals surface area (Å²) < 4.78 is 0. The van der Waals surface area contributed by atoms with Crippen molar-refractivity contribution in [1.29, 1.82) is 0 Å². The molecule has 4 amide bonds. The van der Waals surface area contributed by atoms with Gasteiger partial charge in [0, 0.05) is 5.38 Å². The van der Waals surface area contributed by atoms with Crippen molar-refractivity contribution in [3.63, 3.8) is 0 Å². The summed E-state index contributed by atoms with van der Waals surface area (Å²) in [6.45, 7) is 0. The number of hydrogen-bond donors (Lipinski definition) is 1. The Hall–Kier alpha value is -1.69. The summed E-state index contributed by atoms with van der Waals surface area (Å²) >= 11 is 1.40. The standard InChI is InChI=1S/C10H8N2O3S/c13-7-10(2-3-10)8(14)12(9(15)11-7)6-1-4-16-5-6/h1,4-5H,2-3H2,(H,11,13,15). The van der Waals surface area contributed by atoms with Crippen LogP contribution in [-0.4, -0.2) is 17.8 Å². The number of urea groups is 1. The molecule has 1 aromatic heterocycles. The number of amides is 4. The van der Waals surface area contributed by atoms with Crippen molar-refractivity contribution in [2.75, 3.05) is 4.90 Å². The van der Waals surface area contributed by atoms with E-state index in [1.807, 2.05) is 0 Å². The average Bonchev–Trinajstić information content (AvgIpc) is 2.88. The molecule has 0 bridgehead atoms. The van der Waals surface area contributed by atoms with Gasteiger partial charge in [0.25, 0.3) is 5.91 Å². The Morgan fingerprint density at radius 2 is 2.06 bits per heavy atom. The highest BCUT2D eigenvalue weighted by atomic mass is 32.1. The van der Waals surface area contributed by atoms with E-state index in [1.165, 1.54) is 11.3 Å². The van der Waals surface area contributed by atoms with Crippen LogP contribution >= 0.6 is 11.3 Å². The van der Waals surface area contributed by atoms with Crippen LogP contribution in [0.5, 0.6) is 0 Å². The van der Waals surface area contributed by atoms with E-state index >= 15 is 0 Å². The minimum absolute atomic E-state index is 0.389. The molecule has 1 spiro atoms. The Balaban J connectivity index is 2.03. The lowest BCUT2D eigenvalue weighted by Gasteiger charge is -2.29. The molecule has 1 saturated heterocycles. The number of nitrogens with zero attached hydrogens (tertiary/aromatic N) is 1. The molecule has 0 atom stereocenters. The highest BCUT2D eigenvalue weighted by Crippen LogP contribution is 2.49. The molecule has 1 N–H and O–H groups in total. The molecule has 1 aliphatic carbocycles. The van der Waals surface area contributed by atoms with Gasteiger partial charge in [-0.1, -0.05) is 0 Å². The molecule has 1 saturated carbocycles. The number of anilines is 1. The number of barbiturate groups is 1. The number of nitrogens with one attached hydrogen (secondary N) is 1. The Bertz CT molecular complexity index is 490. The fourth-order valence-corrected chi connectivity index (χ4v) is 2.48. The molecular formula is C10H8N2O3S. The zero-order valence-corrected chi connectivity index (χ0v) is 9.04. The van der Waals surface area contributed by atoms with E-state index in [9.17, 15) is 14.4 Å². The second kappa shape index (κ2) is 2.91. The maximum absolute atomic E-state index is 12.1. The van der Waals surface area contributed by atoms with E-state index in [0.29, 0.717) is 18.5 Å². The molecule has 6 heteroatoms. The summed E-state index contributed by atoms with van der Waals surface area (Å²) in [5.74, 6) is -0.839. The molecule has 5 nitrogen and oxygen atoms in total. The summed E-state index contributed by atoms with van der Waals surface area (Å²) in [4.78, 5) is 36.3. The third kappa shape index (κ3) is 1.07. The van der Waals surface area contributed by atoms with Gasteiger partial charge in [0.1, 0.15) is 5.41 Å². The molecule has 82 valence electrons. The minimum atomic E-state index is -0.962. The van der Waals surface area contributed by atoms with Gasteiger partial charge in [0.05, 0.1) is 5.69 Å². The fourth-order valence-electron chi connectivity index (χ4n) is 1.86. The molecule has 0 radical (unpaired) electrons. The molecule has 1 aromatic rings. The van der Waals surface area contributed by atoms with Crippen LogP contribution in [0, 0.1) is 5.41 Å². The zero-order valence-electron chi connectivity index (χ0n) is 8.23. The van der Waals surface area contributed by atoms with E-state index < -0.39 is 17.4 Å². The number of thiophene rings is 1. The van der Waals surface area contributed by atoms with E-state index in [4.69, 9.17) is 0 Å². The Morgan fingerprint density at radius 3 is 2.62 bits per heavy atom. The third-order valence-corrected chi connectivity index (χ3v) is 3.66. The van der Waals surface area contributed by atoms with Crippen molar-refractivity contribution in [2.24, 2.45) is 5.41 Å². The Labute approximate surface area is 95.0 Å². The van der Waals surface area contributed by atoms with E-state index in [0.717, 1.165) is 4.90 Å². The SMILES string of the molecule is O=C1NC(=O)C2(CC2)C(=O)N1c1ccsc1. The second-order valence-electron chi connectivity index (χ2n) is 3.96. The fraction of sp³-hybridized carbons (Fsp3) is 0.300. The first-order valence-electron chi connectivity index (χ1n) is 4.87. The first-order chi connectivity index (χ1) is 7.65. The predicted molar refractivity (Wildman–Crippen MR) is 57.0 cm³/mol. The number of carbonyl (C=O) groups excluding carboxylic acids is 3. The first-order valence-corrected chi connectivity index (χ1v) is 5.82. The van der Waals surface area contributed by atoms with Crippen LogP contribution in [-0.2, 0) is 9.59 Å². The maximum Gasteiger partial charge on any atom is 0.335 e. The van der Waals surface area contributed by atoms with E-state index in [2.05, 4.69) is 5.32 Å². The van der Waals surface area contributed by atoms with Gasteiger partial charge in [-0.05, 0) is 24.3 Å². The van der Waals surface area contributed by atoms with Crippen molar-refractivity contribution >= 4 is 34.9 Å². The Kier molecular flexibility index (Phi) is 1.74. The molecule has 0 aromatic carbocycles. The largest absolute Gasteiger partial charge is 0.335 e. The van der Waals surface area contributed by atoms with Crippen molar-refractivity contribution in [3.8, 4) is 0 Å². The van der Waals surface area contributed by atoms with Crippen molar-refractivity contribution in [3.05, 3.63) is 16.8 Å². The van der Waals surface area contributed by atoms with Crippen molar-refractivity contribution < 1.29 is 14.4 Å². The lowest BCUT2D eigenvalue weighted by Crippen LogP contribution is -2.59. The van der Waals surface area contributed by atoms with Crippen LogP contribution in [0.25, 0.3) is 0 Å². The van der Waals surface area contributed by atoms with E-state index in [1.54, 1.807) is 16.8 Å². The topological polar surface area (TPSA) is 66.5 Å². The van der Waals surface area contributed by atoms with Crippen LogP contribution < -0.4 is 10.2 Å². The number of rotatable bonds is 1. The summed E-state index contributed by atoms with van der Waals surface area (Å²) in [6.07, 6.45) is 1.07. The molecule has 2 heterocycles. The summed E-state index contributed by atoms with van der Waals surface area (Å²) in [6, 6.07) is 1.04. The van der Waals surface area contributed by atoms with Gasteiger partial charge in [-0.25, -0.2) is 9.69 Å². The quantitative estimate of drug-likeness (QED) is 0.743. The van der Waals surface area contributed by atoms with Crippen LogP contribution in [0.4, 0.5) is 10.5 Å². The molecule has 1 aliphatic heterocycles. The molecule has 2 aliphatic rings. The molecule has 3 rings (SSSR count). The lowest BCUT2D eigenvalue weighted by atomic mass is 10.0. The Morgan fingerprint density at radius 1 is 1.31 bits per heavy atom. The summed E-state index contributed by atoms with van der Waals surface area (Å²) in [5, 5.41) is 5.73. The minimum Gasteiger partial charge on any atom is -0.276 e. The average molecular weight is 236 g/mol. The van der Waals surface area contributed by atoms with Gasteiger partial charge < -0.3 is 0 Å². The highest BCUT2D eigenvalue weighted by Gasteiger charge is 2.62. The zero-order chi connectivity index (χ0) is 11.3. The second-order valence-corrected chi connectivity index (χ2v) is 4.74. The first kappa shape index (κ1) is 9.53. The molecule has 16 heavy (non-hydrogen) atoms. The summed E-state index contributed by atoms with van der Waals surface area (Å²) in [5.41, 5.74) is -0.429. The monoisotopic (exact) mass is 236 g/mol. The van der Waals surface area contributed by atoms with E-state index in [-0.39, 0.29) is 5.91 Å². The van der Waals surface area contributed by atoms with Gasteiger partial charge in [-0.15, -0.1) is 0 Å². The van der Waals surface area contributed by atoms with Crippen LogP contribution in [0.1, 0.15) is 12.8 Å². The normalized spacial score (nSPS) is 22.5. The van der Waals surface area contributed by atoms with Crippen LogP contribution in [0.15, 0.2) is 16.8 Å². The van der Waals surface area contributed by atoms with Gasteiger partial charge in [0.2, 0.25) is 5.91 Å². The molecule has 0 unspecified atom stereocenters. The smallest absolute Gasteiger partial charge is 0.276 e. The maximum atomic E-state index is 12.1. The van der Waals surface area contributed by atoms with Crippen LogP contribution in [0.2, 0.25) is 0 Å². The molecular weight excluding hydrogens is 228 g/mol.